The van der Waals surface area contributed by atoms with Crippen LogP contribution in [0.1, 0.15) is 182 Å². The summed E-state index contributed by atoms with van der Waals surface area (Å²) in [5, 5.41) is 3.15. The molecule has 0 heterocycles. The standard InChI is InChI=1S/C40H69NO7/c1-5-8-11-14-15-16-17-18-19-20-21-26-34-39(45)37(41-29-24-27-35(42)46-30-22-12-9-6-2)33(4)38(44)40(34)48-32-25-28-36(43)47-31-23-13-10-7-3/h41H,5-32H2,1-4H3. The zero-order valence-corrected chi connectivity index (χ0v) is 31.2. The van der Waals surface area contributed by atoms with Crippen molar-refractivity contribution in [2.75, 3.05) is 26.4 Å². The molecule has 0 radical (unpaired) electrons. The fourth-order valence-corrected chi connectivity index (χ4v) is 5.81. The highest BCUT2D eigenvalue weighted by Crippen LogP contribution is 2.28. The Hall–Kier alpha value is -2.64. The number of carbonyl (C=O) groups is 4. The first-order valence-electron chi connectivity index (χ1n) is 19.6. The van der Waals surface area contributed by atoms with Crippen molar-refractivity contribution >= 4 is 23.5 Å². The van der Waals surface area contributed by atoms with Gasteiger partial charge in [0.1, 0.15) is 0 Å². The third kappa shape index (κ3) is 20.0. The van der Waals surface area contributed by atoms with Crippen LogP contribution in [0.5, 0.6) is 0 Å². The molecule has 0 saturated heterocycles. The van der Waals surface area contributed by atoms with Gasteiger partial charge in [-0.15, -0.1) is 0 Å². The van der Waals surface area contributed by atoms with Gasteiger partial charge in [-0.2, -0.15) is 0 Å². The third-order valence-corrected chi connectivity index (χ3v) is 8.88. The van der Waals surface area contributed by atoms with Crippen LogP contribution in [0.2, 0.25) is 0 Å². The van der Waals surface area contributed by atoms with Gasteiger partial charge in [0.05, 0.1) is 25.5 Å². The Balaban J connectivity index is 2.66. The number of carbonyl (C=O) groups excluding carboxylic acids is 4. The molecule has 48 heavy (non-hydrogen) atoms. The second-order valence-electron chi connectivity index (χ2n) is 13.3. The van der Waals surface area contributed by atoms with Gasteiger partial charge >= 0.3 is 11.9 Å². The van der Waals surface area contributed by atoms with Crippen LogP contribution in [0.15, 0.2) is 22.6 Å². The monoisotopic (exact) mass is 676 g/mol. The van der Waals surface area contributed by atoms with Crippen molar-refractivity contribution in [3.05, 3.63) is 22.6 Å². The zero-order valence-electron chi connectivity index (χ0n) is 31.2. The van der Waals surface area contributed by atoms with E-state index in [9.17, 15) is 19.2 Å². The van der Waals surface area contributed by atoms with Crippen molar-refractivity contribution in [3.8, 4) is 0 Å². The summed E-state index contributed by atoms with van der Waals surface area (Å²) in [6.45, 7) is 9.60. The van der Waals surface area contributed by atoms with Crippen molar-refractivity contribution in [3.63, 3.8) is 0 Å². The second-order valence-corrected chi connectivity index (χ2v) is 13.3. The van der Waals surface area contributed by atoms with E-state index >= 15 is 0 Å². The molecule has 0 saturated carbocycles. The maximum atomic E-state index is 13.7. The molecule has 1 N–H and O–H groups in total. The highest BCUT2D eigenvalue weighted by molar-refractivity contribution is 6.24. The highest BCUT2D eigenvalue weighted by atomic mass is 16.5. The maximum Gasteiger partial charge on any atom is 0.305 e. The Morgan fingerprint density at radius 1 is 0.542 bits per heavy atom. The average Bonchev–Trinajstić information content (AvgIpc) is 3.08. The normalized spacial score (nSPS) is 13.3. The van der Waals surface area contributed by atoms with Crippen LogP contribution in [-0.2, 0) is 33.4 Å². The lowest BCUT2D eigenvalue weighted by molar-refractivity contribution is -0.144. The predicted octanol–water partition coefficient (Wildman–Crippen LogP) is 9.78. The van der Waals surface area contributed by atoms with Gasteiger partial charge in [0, 0.05) is 30.5 Å². The number of rotatable bonds is 32. The molecule has 0 atom stereocenters. The molecule has 1 aliphatic rings. The minimum atomic E-state index is -0.292. The Bertz CT molecular complexity index is 984. The molecule has 0 unspecified atom stereocenters. The molecular formula is C40H69NO7. The van der Waals surface area contributed by atoms with Gasteiger partial charge in [-0.25, -0.2) is 0 Å². The van der Waals surface area contributed by atoms with E-state index in [1.165, 1.54) is 51.4 Å². The summed E-state index contributed by atoms with van der Waals surface area (Å²) in [7, 11) is 0. The van der Waals surface area contributed by atoms with Gasteiger partial charge in [0.2, 0.25) is 11.6 Å². The quantitative estimate of drug-likeness (QED) is 0.0427. The summed E-state index contributed by atoms with van der Waals surface area (Å²) in [4.78, 5) is 51.4. The molecule has 0 aliphatic heterocycles. The first-order valence-corrected chi connectivity index (χ1v) is 19.6. The highest BCUT2D eigenvalue weighted by Gasteiger charge is 2.33. The van der Waals surface area contributed by atoms with Gasteiger partial charge in [-0.3, -0.25) is 19.2 Å². The molecule has 1 rings (SSSR count). The number of nitrogens with one attached hydrogen (secondary N) is 1. The third-order valence-electron chi connectivity index (χ3n) is 8.88. The first kappa shape index (κ1) is 43.4. The number of hydrogen-bond donors (Lipinski definition) is 1. The first-order chi connectivity index (χ1) is 23.4. The SMILES string of the molecule is CCCCCCCCCCCCCC1=C(OCCCC(=O)OCCCCCC)C(=O)C(C)=C(NCCCC(=O)OCCCCCC)C1=O. The van der Waals surface area contributed by atoms with Gasteiger partial charge < -0.3 is 19.5 Å². The molecule has 0 bridgehead atoms. The van der Waals surface area contributed by atoms with E-state index < -0.39 is 0 Å². The molecule has 0 amide bonds. The van der Waals surface area contributed by atoms with Crippen LogP contribution < -0.4 is 5.32 Å². The number of Topliss-reactive ketones (excluding diaryl/α,β-unsaturated/α-hetero) is 2. The Morgan fingerprint density at radius 3 is 1.52 bits per heavy atom. The fourth-order valence-electron chi connectivity index (χ4n) is 5.81. The van der Waals surface area contributed by atoms with Crippen LogP contribution in [-0.4, -0.2) is 49.9 Å². The van der Waals surface area contributed by atoms with E-state index in [0.717, 1.165) is 70.6 Å². The van der Waals surface area contributed by atoms with Crippen LogP contribution in [0.25, 0.3) is 0 Å². The van der Waals surface area contributed by atoms with Crippen LogP contribution >= 0.6 is 0 Å². The Morgan fingerprint density at radius 2 is 1.00 bits per heavy atom. The van der Waals surface area contributed by atoms with Crippen LogP contribution in [0.4, 0.5) is 0 Å². The van der Waals surface area contributed by atoms with Crippen molar-refractivity contribution < 1.29 is 33.4 Å². The summed E-state index contributed by atoms with van der Waals surface area (Å²) in [5.74, 6) is -0.883. The molecule has 276 valence electrons. The van der Waals surface area contributed by atoms with E-state index in [1.54, 1.807) is 6.92 Å². The summed E-state index contributed by atoms with van der Waals surface area (Å²) < 4.78 is 16.6. The largest absolute Gasteiger partial charge is 0.489 e. The average molecular weight is 676 g/mol. The summed E-state index contributed by atoms with van der Waals surface area (Å²) >= 11 is 0. The summed E-state index contributed by atoms with van der Waals surface area (Å²) in [5.41, 5.74) is 1.03. The minimum Gasteiger partial charge on any atom is -0.489 e. The zero-order chi connectivity index (χ0) is 35.2. The lowest BCUT2D eigenvalue weighted by atomic mass is 9.89. The number of esters is 2. The second kappa shape index (κ2) is 29.3. The van der Waals surface area contributed by atoms with Gasteiger partial charge in [0.15, 0.2) is 5.76 Å². The number of ether oxygens (including phenoxy) is 3. The molecule has 1 aliphatic carbocycles. The maximum absolute atomic E-state index is 13.7. The van der Waals surface area contributed by atoms with E-state index in [4.69, 9.17) is 14.2 Å². The predicted molar refractivity (Wildman–Crippen MR) is 193 cm³/mol. The van der Waals surface area contributed by atoms with Gasteiger partial charge in [-0.1, -0.05) is 124 Å². The molecule has 0 aromatic heterocycles. The molecule has 8 heteroatoms. The summed E-state index contributed by atoms with van der Waals surface area (Å²) in [6.07, 6.45) is 23.4. The van der Waals surface area contributed by atoms with E-state index in [-0.39, 0.29) is 48.7 Å². The van der Waals surface area contributed by atoms with Crippen molar-refractivity contribution in [2.24, 2.45) is 0 Å². The number of hydrogen-bond acceptors (Lipinski definition) is 8. The molecule has 0 aromatic carbocycles. The minimum absolute atomic E-state index is 0.120. The lowest BCUT2D eigenvalue weighted by Crippen LogP contribution is -2.32. The number of allylic oxidation sites excluding steroid dienone is 2. The van der Waals surface area contributed by atoms with E-state index in [1.807, 2.05) is 0 Å². The Kier molecular flexibility index (Phi) is 26.5. The number of ketones is 2. The Labute approximate surface area is 292 Å². The fraction of sp³-hybridized carbons (Fsp3) is 0.800. The number of unbranched alkanes of at least 4 members (excludes halogenated alkanes) is 16. The van der Waals surface area contributed by atoms with E-state index in [2.05, 4.69) is 26.1 Å². The van der Waals surface area contributed by atoms with Crippen molar-refractivity contribution in [1.29, 1.82) is 0 Å². The van der Waals surface area contributed by atoms with Gasteiger partial charge in [0.25, 0.3) is 0 Å². The smallest absolute Gasteiger partial charge is 0.305 e. The molecule has 0 aromatic rings. The molecule has 0 spiro atoms. The van der Waals surface area contributed by atoms with Gasteiger partial charge in [-0.05, 0) is 45.4 Å². The molecule has 0 fully saturated rings. The van der Waals surface area contributed by atoms with Crippen molar-refractivity contribution in [1.82, 2.24) is 5.32 Å². The van der Waals surface area contributed by atoms with Crippen molar-refractivity contribution in [2.45, 2.75) is 182 Å². The summed E-state index contributed by atoms with van der Waals surface area (Å²) in [6, 6.07) is 0. The molecule has 8 nitrogen and oxygen atoms in total. The lowest BCUT2D eigenvalue weighted by Gasteiger charge is -2.23. The van der Waals surface area contributed by atoms with Crippen LogP contribution in [0, 0.1) is 0 Å². The molecular weight excluding hydrogens is 606 g/mol. The topological polar surface area (TPSA) is 108 Å². The van der Waals surface area contributed by atoms with Crippen LogP contribution in [0.3, 0.4) is 0 Å². The van der Waals surface area contributed by atoms with E-state index in [0.29, 0.717) is 55.9 Å².